The van der Waals surface area contributed by atoms with E-state index in [0.29, 0.717) is 6.42 Å². The third kappa shape index (κ3) is 4.17. The molecule has 0 unspecified atom stereocenters. The largest absolute Gasteiger partial charge is 0.496 e. The smallest absolute Gasteiger partial charge is 0.126 e. The summed E-state index contributed by atoms with van der Waals surface area (Å²) in [4.78, 5) is 0. The van der Waals surface area contributed by atoms with Crippen LogP contribution in [0.4, 0.5) is 5.69 Å². The van der Waals surface area contributed by atoms with Crippen LogP contribution in [-0.4, -0.2) is 13.7 Å². The van der Waals surface area contributed by atoms with Crippen molar-refractivity contribution < 1.29 is 4.74 Å². The van der Waals surface area contributed by atoms with E-state index in [0.717, 1.165) is 35.5 Å². The van der Waals surface area contributed by atoms with Crippen molar-refractivity contribution in [2.75, 3.05) is 19.0 Å². The van der Waals surface area contributed by atoms with E-state index >= 15 is 0 Å². The molecule has 19 heavy (non-hydrogen) atoms. The number of hydrogen-bond acceptors (Lipinski definition) is 3. The highest BCUT2D eigenvalue weighted by Crippen LogP contribution is 2.30. The first-order chi connectivity index (χ1) is 8.91. The Morgan fingerprint density at radius 3 is 2.58 bits per heavy atom. The molecule has 0 aromatic heterocycles. The van der Waals surface area contributed by atoms with E-state index in [2.05, 4.69) is 44.3 Å². The Kier molecular flexibility index (Phi) is 5.23. The molecule has 3 heteroatoms. The van der Waals surface area contributed by atoms with Crippen LogP contribution in [-0.2, 0) is 0 Å². The molecular formula is C16H24N2O. The standard InChI is InChI=1S/C16H24N2O/c1-12-7-8-14(13(2)15(12)19-5)18-11-16(3,4)9-6-10-17/h7-8,18H,6,9,11H2,1-5H3. The van der Waals surface area contributed by atoms with Crippen LogP contribution in [0, 0.1) is 30.6 Å². The van der Waals surface area contributed by atoms with Crippen molar-refractivity contribution in [1.29, 1.82) is 5.26 Å². The molecule has 3 nitrogen and oxygen atoms in total. The maximum Gasteiger partial charge on any atom is 0.126 e. The zero-order valence-corrected chi connectivity index (χ0v) is 12.6. The number of ether oxygens (including phenoxy) is 1. The predicted octanol–water partition coefficient (Wildman–Crippen LogP) is 4.05. The van der Waals surface area contributed by atoms with Crippen LogP contribution in [0.3, 0.4) is 0 Å². The van der Waals surface area contributed by atoms with E-state index in [4.69, 9.17) is 10.00 Å². The number of benzene rings is 1. The number of aryl methyl sites for hydroxylation is 1. The minimum absolute atomic E-state index is 0.111. The van der Waals surface area contributed by atoms with Crippen LogP contribution in [0.2, 0.25) is 0 Å². The highest BCUT2D eigenvalue weighted by molar-refractivity contribution is 5.59. The summed E-state index contributed by atoms with van der Waals surface area (Å²) in [6.07, 6.45) is 1.50. The van der Waals surface area contributed by atoms with Crippen LogP contribution in [0.25, 0.3) is 0 Å². The normalized spacial score (nSPS) is 10.9. The lowest BCUT2D eigenvalue weighted by Crippen LogP contribution is -2.23. The summed E-state index contributed by atoms with van der Waals surface area (Å²) in [6, 6.07) is 6.37. The molecule has 0 radical (unpaired) electrons. The van der Waals surface area contributed by atoms with Crippen molar-refractivity contribution >= 4 is 5.69 Å². The Hall–Kier alpha value is -1.69. The minimum Gasteiger partial charge on any atom is -0.496 e. The van der Waals surface area contributed by atoms with E-state index < -0.39 is 0 Å². The Morgan fingerprint density at radius 2 is 2.00 bits per heavy atom. The van der Waals surface area contributed by atoms with Gasteiger partial charge in [-0.3, -0.25) is 0 Å². The number of anilines is 1. The zero-order valence-electron chi connectivity index (χ0n) is 12.6. The van der Waals surface area contributed by atoms with Gasteiger partial charge in [0.2, 0.25) is 0 Å². The number of methoxy groups -OCH3 is 1. The van der Waals surface area contributed by atoms with Crippen molar-refractivity contribution in [2.24, 2.45) is 5.41 Å². The first-order valence-corrected chi connectivity index (χ1v) is 6.66. The van der Waals surface area contributed by atoms with E-state index in [1.54, 1.807) is 7.11 Å². The molecule has 1 rings (SSSR count). The Labute approximate surface area is 116 Å². The first-order valence-electron chi connectivity index (χ1n) is 6.66. The topological polar surface area (TPSA) is 45.0 Å². The van der Waals surface area contributed by atoms with Gasteiger partial charge >= 0.3 is 0 Å². The summed E-state index contributed by atoms with van der Waals surface area (Å²) in [5, 5.41) is 12.1. The van der Waals surface area contributed by atoms with Gasteiger partial charge in [-0.05, 0) is 37.3 Å². The van der Waals surface area contributed by atoms with Gasteiger partial charge in [-0.25, -0.2) is 0 Å². The summed E-state index contributed by atoms with van der Waals surface area (Å²) in [5.41, 5.74) is 3.50. The summed E-state index contributed by atoms with van der Waals surface area (Å²) < 4.78 is 5.43. The SMILES string of the molecule is COc1c(C)ccc(NCC(C)(C)CCC#N)c1C. The summed E-state index contributed by atoms with van der Waals surface area (Å²) in [6.45, 7) is 9.32. The van der Waals surface area contributed by atoms with Crippen LogP contribution in [0.5, 0.6) is 5.75 Å². The molecule has 0 aliphatic rings. The Bertz CT molecular complexity index is 472. The molecule has 0 bridgehead atoms. The van der Waals surface area contributed by atoms with Crippen LogP contribution >= 0.6 is 0 Å². The van der Waals surface area contributed by atoms with Gasteiger partial charge in [-0.1, -0.05) is 19.9 Å². The number of nitriles is 1. The number of hydrogen-bond donors (Lipinski definition) is 1. The zero-order chi connectivity index (χ0) is 14.5. The fraction of sp³-hybridized carbons (Fsp3) is 0.562. The molecule has 0 saturated heterocycles. The van der Waals surface area contributed by atoms with Gasteiger partial charge in [0.15, 0.2) is 0 Å². The van der Waals surface area contributed by atoms with Crippen LogP contribution in [0.1, 0.15) is 37.8 Å². The minimum atomic E-state index is 0.111. The summed E-state index contributed by atoms with van der Waals surface area (Å²) in [5.74, 6) is 0.944. The number of nitrogens with zero attached hydrogens (tertiary/aromatic N) is 1. The van der Waals surface area contributed by atoms with Gasteiger partial charge in [0.05, 0.1) is 13.2 Å². The molecule has 0 fully saturated rings. The maximum atomic E-state index is 8.67. The van der Waals surface area contributed by atoms with E-state index in [1.165, 1.54) is 0 Å². The average molecular weight is 260 g/mol. The number of nitrogens with one attached hydrogen (secondary N) is 1. The third-order valence-electron chi connectivity index (χ3n) is 3.48. The second-order valence-electron chi connectivity index (χ2n) is 5.76. The molecule has 104 valence electrons. The van der Waals surface area contributed by atoms with Crippen LogP contribution in [0.15, 0.2) is 12.1 Å². The molecule has 0 aliphatic heterocycles. The molecule has 0 saturated carbocycles. The fourth-order valence-corrected chi connectivity index (χ4v) is 2.15. The van der Waals surface area contributed by atoms with Crippen molar-refractivity contribution in [3.63, 3.8) is 0 Å². The monoisotopic (exact) mass is 260 g/mol. The van der Waals surface area contributed by atoms with Crippen LogP contribution < -0.4 is 10.1 Å². The first kappa shape index (κ1) is 15.4. The molecule has 0 spiro atoms. The van der Waals surface area contributed by atoms with Gasteiger partial charge in [0, 0.05) is 24.2 Å². The van der Waals surface area contributed by atoms with E-state index in [9.17, 15) is 0 Å². The predicted molar refractivity (Wildman–Crippen MR) is 79.6 cm³/mol. The molecule has 0 atom stereocenters. The Morgan fingerprint density at radius 1 is 1.32 bits per heavy atom. The van der Waals surface area contributed by atoms with Gasteiger partial charge in [-0.15, -0.1) is 0 Å². The molecule has 0 heterocycles. The summed E-state index contributed by atoms with van der Waals surface area (Å²) >= 11 is 0. The van der Waals surface area contributed by atoms with Crippen molar-refractivity contribution in [1.82, 2.24) is 0 Å². The van der Waals surface area contributed by atoms with Gasteiger partial charge in [-0.2, -0.15) is 5.26 Å². The van der Waals surface area contributed by atoms with Crippen molar-refractivity contribution in [3.05, 3.63) is 23.3 Å². The molecule has 1 aromatic carbocycles. The molecule has 1 aromatic rings. The lowest BCUT2D eigenvalue weighted by Gasteiger charge is -2.25. The Balaban J connectivity index is 2.76. The third-order valence-corrected chi connectivity index (χ3v) is 3.48. The molecule has 0 amide bonds. The van der Waals surface area contributed by atoms with E-state index in [1.807, 2.05) is 6.92 Å². The quantitative estimate of drug-likeness (QED) is 0.839. The lowest BCUT2D eigenvalue weighted by molar-refractivity contribution is 0.363. The van der Waals surface area contributed by atoms with E-state index in [-0.39, 0.29) is 5.41 Å². The average Bonchev–Trinajstić information content (AvgIpc) is 2.36. The second-order valence-corrected chi connectivity index (χ2v) is 5.76. The highest BCUT2D eigenvalue weighted by Gasteiger charge is 2.18. The fourth-order valence-electron chi connectivity index (χ4n) is 2.15. The van der Waals surface area contributed by atoms with Crippen molar-refractivity contribution in [3.8, 4) is 11.8 Å². The lowest BCUT2D eigenvalue weighted by atomic mass is 9.88. The van der Waals surface area contributed by atoms with Gasteiger partial charge < -0.3 is 10.1 Å². The molecular weight excluding hydrogens is 236 g/mol. The maximum absolute atomic E-state index is 8.67. The van der Waals surface area contributed by atoms with Gasteiger partial charge in [0.25, 0.3) is 0 Å². The summed E-state index contributed by atoms with van der Waals surface area (Å²) in [7, 11) is 1.70. The molecule has 1 N–H and O–H groups in total. The van der Waals surface area contributed by atoms with Gasteiger partial charge in [0.1, 0.15) is 5.75 Å². The van der Waals surface area contributed by atoms with Crippen molar-refractivity contribution in [2.45, 2.75) is 40.5 Å². The highest BCUT2D eigenvalue weighted by atomic mass is 16.5. The number of rotatable bonds is 6. The molecule has 0 aliphatic carbocycles. The second kappa shape index (κ2) is 6.47.